The highest BCUT2D eigenvalue weighted by molar-refractivity contribution is 8.04. The minimum Gasteiger partial charge on any atom is -0.406 e. The number of ether oxygens (including phenoxy) is 1. The van der Waals surface area contributed by atoms with E-state index in [2.05, 4.69) is 10.1 Å². The smallest absolute Gasteiger partial charge is 0.406 e. The Labute approximate surface area is 130 Å². The summed E-state index contributed by atoms with van der Waals surface area (Å²) in [6, 6.07) is 5.47. The lowest BCUT2D eigenvalue weighted by atomic mass is 10.3. The number of anilines is 1. The van der Waals surface area contributed by atoms with E-state index in [1.54, 1.807) is 0 Å². The van der Waals surface area contributed by atoms with Crippen LogP contribution in [0.15, 0.2) is 34.9 Å². The predicted octanol–water partition coefficient (Wildman–Crippen LogP) is 3.78. The number of thioether (sulfide) groups is 1. The van der Waals surface area contributed by atoms with E-state index in [1.165, 1.54) is 43.0 Å². The van der Waals surface area contributed by atoms with Crippen LogP contribution in [0.1, 0.15) is 13.8 Å². The third-order valence-electron chi connectivity index (χ3n) is 3.14. The molecular weight excluding hydrogens is 317 g/mol. The summed E-state index contributed by atoms with van der Waals surface area (Å²) in [6.45, 7) is 3.36. The number of hydrogen-bond donors (Lipinski definition) is 1. The van der Waals surface area contributed by atoms with Gasteiger partial charge in [-0.1, -0.05) is 11.8 Å². The molecule has 0 radical (unpaired) electrons. The molecule has 1 atom stereocenters. The van der Waals surface area contributed by atoms with Crippen molar-refractivity contribution < 1.29 is 22.7 Å². The van der Waals surface area contributed by atoms with E-state index in [1.807, 2.05) is 18.9 Å². The Hall–Kier alpha value is -1.83. The number of carbonyl (C=O) groups excluding carboxylic acids is 1. The summed E-state index contributed by atoms with van der Waals surface area (Å²) in [5.41, 5.74) is 1.32. The van der Waals surface area contributed by atoms with Crippen molar-refractivity contribution in [2.24, 2.45) is 0 Å². The SMILES string of the molecule is CC(=O)C1=C(C)N(C)C(Nc2ccc(OC(F)(F)F)cc2)S1. The second-order valence-electron chi connectivity index (χ2n) is 4.77. The van der Waals surface area contributed by atoms with Crippen molar-refractivity contribution in [3.8, 4) is 5.75 Å². The molecule has 2 rings (SSSR count). The number of nitrogens with one attached hydrogen (secondary N) is 1. The van der Waals surface area contributed by atoms with Crippen molar-refractivity contribution >= 4 is 23.2 Å². The Balaban J connectivity index is 2.02. The van der Waals surface area contributed by atoms with Gasteiger partial charge in [0.1, 0.15) is 5.75 Å². The van der Waals surface area contributed by atoms with Crippen molar-refractivity contribution in [3.05, 3.63) is 34.9 Å². The lowest BCUT2D eigenvalue weighted by Crippen LogP contribution is -2.30. The molecule has 1 aromatic rings. The van der Waals surface area contributed by atoms with E-state index < -0.39 is 6.36 Å². The average Bonchev–Trinajstić information content (AvgIpc) is 2.68. The van der Waals surface area contributed by atoms with Gasteiger partial charge in [0.15, 0.2) is 11.3 Å². The fourth-order valence-electron chi connectivity index (χ4n) is 1.97. The molecule has 120 valence electrons. The molecule has 1 aliphatic heterocycles. The van der Waals surface area contributed by atoms with E-state index in [4.69, 9.17) is 0 Å². The predicted molar refractivity (Wildman–Crippen MR) is 79.3 cm³/mol. The molecule has 1 aliphatic rings. The number of nitrogens with zero attached hydrogens (tertiary/aromatic N) is 1. The molecule has 1 unspecified atom stereocenters. The number of allylic oxidation sites excluding steroid dienone is 2. The van der Waals surface area contributed by atoms with Gasteiger partial charge >= 0.3 is 6.36 Å². The molecule has 0 amide bonds. The second-order valence-corrected chi connectivity index (χ2v) is 5.86. The van der Waals surface area contributed by atoms with Crippen molar-refractivity contribution in [1.82, 2.24) is 4.90 Å². The molecule has 22 heavy (non-hydrogen) atoms. The van der Waals surface area contributed by atoms with Crippen LogP contribution in [0.3, 0.4) is 0 Å². The van der Waals surface area contributed by atoms with E-state index in [0.717, 1.165) is 5.70 Å². The molecule has 8 heteroatoms. The normalized spacial score (nSPS) is 18.6. The van der Waals surface area contributed by atoms with Gasteiger partial charge in [0.05, 0.1) is 4.91 Å². The fraction of sp³-hybridized carbons (Fsp3) is 0.357. The fourth-order valence-corrected chi connectivity index (χ4v) is 3.19. The molecule has 0 saturated carbocycles. The number of alkyl halides is 3. The Bertz CT molecular complexity index is 599. The molecular formula is C14H15F3N2O2S. The van der Waals surface area contributed by atoms with Gasteiger partial charge in [-0.15, -0.1) is 13.2 Å². The van der Waals surface area contributed by atoms with Crippen LogP contribution < -0.4 is 10.1 Å². The Morgan fingerprint density at radius 1 is 1.32 bits per heavy atom. The first kappa shape index (κ1) is 16.5. The molecule has 1 heterocycles. The number of benzene rings is 1. The third kappa shape index (κ3) is 3.88. The van der Waals surface area contributed by atoms with Crippen molar-refractivity contribution in [2.45, 2.75) is 25.7 Å². The number of hydrogen-bond acceptors (Lipinski definition) is 5. The Morgan fingerprint density at radius 2 is 1.91 bits per heavy atom. The first-order valence-corrected chi connectivity index (χ1v) is 7.29. The largest absolute Gasteiger partial charge is 0.573 e. The number of Topliss-reactive ketones (excluding diaryl/α,β-unsaturated/α-hetero) is 1. The summed E-state index contributed by atoms with van der Waals surface area (Å²) >= 11 is 1.38. The van der Waals surface area contributed by atoms with Crippen LogP contribution >= 0.6 is 11.8 Å². The summed E-state index contributed by atoms with van der Waals surface area (Å²) in [7, 11) is 1.84. The molecule has 4 nitrogen and oxygen atoms in total. The maximum atomic E-state index is 12.1. The standard InChI is InChI=1S/C14H15F3N2O2S/c1-8-12(9(2)20)22-13(19(8)3)18-10-4-6-11(7-5-10)21-14(15,16)17/h4-7,13,18H,1-3H3. The van der Waals surface area contributed by atoms with Gasteiger partial charge in [0.2, 0.25) is 0 Å². The second kappa shape index (κ2) is 6.12. The highest BCUT2D eigenvalue weighted by Crippen LogP contribution is 2.37. The van der Waals surface area contributed by atoms with Gasteiger partial charge in [-0.05, 0) is 38.1 Å². The molecule has 0 aromatic heterocycles. The summed E-state index contributed by atoms with van der Waals surface area (Å²) < 4.78 is 40.1. The number of carbonyl (C=O) groups is 1. The van der Waals surface area contributed by atoms with Gasteiger partial charge in [-0.3, -0.25) is 4.79 Å². The topological polar surface area (TPSA) is 41.6 Å². The molecule has 0 aliphatic carbocycles. The summed E-state index contributed by atoms with van der Waals surface area (Å²) in [4.78, 5) is 14.1. The lowest BCUT2D eigenvalue weighted by molar-refractivity contribution is -0.274. The van der Waals surface area contributed by atoms with E-state index in [-0.39, 0.29) is 17.0 Å². The molecule has 0 saturated heterocycles. The van der Waals surface area contributed by atoms with Crippen LogP contribution in [0.5, 0.6) is 5.75 Å². The first-order valence-electron chi connectivity index (χ1n) is 6.41. The van der Waals surface area contributed by atoms with Crippen molar-refractivity contribution in [2.75, 3.05) is 12.4 Å². The van der Waals surface area contributed by atoms with Crippen molar-refractivity contribution in [1.29, 1.82) is 0 Å². The van der Waals surface area contributed by atoms with Gasteiger partial charge in [-0.2, -0.15) is 0 Å². The zero-order valence-corrected chi connectivity index (χ0v) is 13.0. The maximum Gasteiger partial charge on any atom is 0.573 e. The lowest BCUT2D eigenvalue weighted by Gasteiger charge is -2.24. The van der Waals surface area contributed by atoms with Crippen molar-refractivity contribution in [3.63, 3.8) is 0 Å². The van der Waals surface area contributed by atoms with E-state index >= 15 is 0 Å². The molecule has 0 spiro atoms. The summed E-state index contributed by atoms with van der Waals surface area (Å²) in [5.74, 6) is -0.281. The highest BCUT2D eigenvalue weighted by Gasteiger charge is 2.31. The zero-order chi connectivity index (χ0) is 16.5. The Morgan fingerprint density at radius 3 is 2.36 bits per heavy atom. The quantitative estimate of drug-likeness (QED) is 0.909. The minimum atomic E-state index is -4.70. The number of ketones is 1. The highest BCUT2D eigenvalue weighted by atomic mass is 32.2. The Kier molecular flexibility index (Phi) is 4.60. The van der Waals surface area contributed by atoms with Crippen LogP contribution in [-0.2, 0) is 4.79 Å². The van der Waals surface area contributed by atoms with Gasteiger partial charge in [0, 0.05) is 18.4 Å². The van der Waals surface area contributed by atoms with E-state index in [0.29, 0.717) is 10.6 Å². The van der Waals surface area contributed by atoms with Crippen LogP contribution in [0.25, 0.3) is 0 Å². The molecule has 0 bridgehead atoms. The van der Waals surface area contributed by atoms with Gasteiger partial charge in [-0.25, -0.2) is 0 Å². The van der Waals surface area contributed by atoms with Crippen LogP contribution in [0.4, 0.5) is 18.9 Å². The van der Waals surface area contributed by atoms with Gasteiger partial charge < -0.3 is 15.0 Å². The molecule has 1 aromatic carbocycles. The van der Waals surface area contributed by atoms with E-state index in [9.17, 15) is 18.0 Å². The number of rotatable bonds is 4. The molecule has 0 fully saturated rings. The number of halogens is 3. The zero-order valence-electron chi connectivity index (χ0n) is 12.2. The average molecular weight is 332 g/mol. The summed E-state index contributed by atoms with van der Waals surface area (Å²) in [5, 5.41) is 3.15. The monoisotopic (exact) mass is 332 g/mol. The maximum absolute atomic E-state index is 12.1. The minimum absolute atomic E-state index is 0.00687. The van der Waals surface area contributed by atoms with Gasteiger partial charge in [0.25, 0.3) is 0 Å². The third-order valence-corrected chi connectivity index (χ3v) is 4.61. The first-order chi connectivity index (χ1) is 10.2. The van der Waals surface area contributed by atoms with Crippen LogP contribution in [0.2, 0.25) is 0 Å². The van der Waals surface area contributed by atoms with Crippen LogP contribution in [-0.4, -0.2) is 29.6 Å². The molecule has 1 N–H and O–H groups in total. The van der Waals surface area contributed by atoms with Crippen LogP contribution in [0, 0.1) is 0 Å². The summed E-state index contributed by atoms with van der Waals surface area (Å²) in [6.07, 6.45) is -4.70.